The van der Waals surface area contributed by atoms with E-state index in [1.165, 1.54) is 31.5 Å². The molecule has 3 aromatic rings. The molecule has 2 saturated heterocycles. The molecule has 2 fully saturated rings. The quantitative estimate of drug-likeness (QED) is 0.282. The van der Waals surface area contributed by atoms with Crippen LogP contribution in [0.2, 0.25) is 0 Å². The predicted octanol–water partition coefficient (Wildman–Crippen LogP) is 5.15. The van der Waals surface area contributed by atoms with Crippen molar-refractivity contribution in [3.8, 4) is 5.88 Å². The van der Waals surface area contributed by atoms with Crippen molar-refractivity contribution in [2.45, 2.75) is 62.6 Å². The molecule has 9 nitrogen and oxygen atoms in total. The Balaban J connectivity index is 1.44. The summed E-state index contributed by atoms with van der Waals surface area (Å²) >= 11 is 0. The number of methoxy groups -OCH3 is 2. The van der Waals surface area contributed by atoms with Gasteiger partial charge in [-0.25, -0.2) is 22.9 Å². The third-order valence-corrected chi connectivity index (χ3v) is 9.00. The molecule has 3 N–H and O–H groups in total. The SMILES string of the molecule is COC(=O)N[C@H](C(=O)Nc1cccc(F)c1CCC1CCNC2CCCN1CC2)[C@H](c1ccc(OC)nc1)c1ccc(F)c(F)c1. The van der Waals surface area contributed by atoms with Crippen LogP contribution in [-0.2, 0) is 16.0 Å². The van der Waals surface area contributed by atoms with E-state index in [1.807, 2.05) is 0 Å². The maximum Gasteiger partial charge on any atom is 0.407 e. The van der Waals surface area contributed by atoms with E-state index < -0.39 is 41.4 Å². The molecule has 2 aromatic carbocycles. The van der Waals surface area contributed by atoms with Gasteiger partial charge < -0.3 is 30.3 Å². The minimum absolute atomic E-state index is 0.194. The van der Waals surface area contributed by atoms with Gasteiger partial charge >= 0.3 is 6.09 Å². The molecule has 2 bridgehead atoms. The van der Waals surface area contributed by atoms with Gasteiger partial charge in [0.05, 0.1) is 14.2 Å². The lowest BCUT2D eigenvalue weighted by Crippen LogP contribution is -2.48. The molecule has 2 aliphatic rings. The Bertz CT molecular complexity index is 1510. The average Bonchev–Trinajstić information content (AvgIpc) is 3.24. The fourth-order valence-corrected chi connectivity index (χ4v) is 6.57. The third kappa shape index (κ3) is 7.97. The highest BCUT2D eigenvalue weighted by atomic mass is 19.2. The fraction of sp³-hybridized carbons (Fsp3) is 0.441. The Morgan fingerprint density at radius 1 is 1.00 bits per heavy atom. The fourth-order valence-electron chi connectivity index (χ4n) is 6.57. The molecule has 5 atom stereocenters. The molecule has 3 unspecified atom stereocenters. The van der Waals surface area contributed by atoms with Gasteiger partial charge in [0.1, 0.15) is 11.9 Å². The Labute approximate surface area is 266 Å². The molecule has 5 rings (SSSR count). The molecular weight excluding hydrogens is 599 g/mol. The number of aromatic nitrogens is 1. The molecule has 1 aromatic heterocycles. The lowest BCUT2D eigenvalue weighted by atomic mass is 9.85. The van der Waals surface area contributed by atoms with E-state index in [4.69, 9.17) is 9.47 Å². The van der Waals surface area contributed by atoms with Crippen LogP contribution in [0.5, 0.6) is 5.88 Å². The summed E-state index contributed by atoms with van der Waals surface area (Å²) in [6.07, 6.45) is 5.90. The molecule has 2 amide bonds. The molecule has 0 saturated carbocycles. The number of anilines is 1. The highest BCUT2D eigenvalue weighted by molar-refractivity contribution is 5.98. The summed E-state index contributed by atoms with van der Waals surface area (Å²) in [4.78, 5) is 33.4. The maximum absolute atomic E-state index is 15.4. The van der Waals surface area contributed by atoms with Crippen LogP contribution in [0.25, 0.3) is 0 Å². The average molecular weight is 640 g/mol. The number of carbonyl (C=O) groups excluding carboxylic acids is 2. The number of benzene rings is 2. The minimum atomic E-state index is -1.40. The van der Waals surface area contributed by atoms with E-state index in [1.54, 1.807) is 18.2 Å². The number of alkyl carbamates (subject to hydrolysis) is 1. The van der Waals surface area contributed by atoms with Crippen molar-refractivity contribution >= 4 is 17.7 Å². The highest BCUT2D eigenvalue weighted by Gasteiger charge is 2.35. The molecule has 0 radical (unpaired) electrons. The number of rotatable bonds is 10. The van der Waals surface area contributed by atoms with Crippen LogP contribution in [0, 0.1) is 17.5 Å². The largest absolute Gasteiger partial charge is 0.481 e. The number of hydrogen-bond donors (Lipinski definition) is 3. The number of hydrogen-bond acceptors (Lipinski definition) is 7. The zero-order chi connectivity index (χ0) is 32.6. The third-order valence-electron chi connectivity index (χ3n) is 9.00. The Morgan fingerprint density at radius 3 is 2.57 bits per heavy atom. The number of ether oxygens (including phenoxy) is 2. The Morgan fingerprint density at radius 2 is 1.83 bits per heavy atom. The van der Waals surface area contributed by atoms with Gasteiger partial charge in [0, 0.05) is 41.5 Å². The van der Waals surface area contributed by atoms with Gasteiger partial charge in [-0.05, 0) is 93.6 Å². The second kappa shape index (κ2) is 15.4. The number of nitrogens with zero attached hydrogens (tertiary/aromatic N) is 2. The first-order valence-corrected chi connectivity index (χ1v) is 15.6. The second-order valence-electron chi connectivity index (χ2n) is 11.8. The lowest BCUT2D eigenvalue weighted by Gasteiger charge is -2.33. The molecule has 0 aliphatic carbocycles. The zero-order valence-corrected chi connectivity index (χ0v) is 26.0. The van der Waals surface area contributed by atoms with Crippen molar-refractivity contribution < 1.29 is 32.2 Å². The molecule has 2 aliphatic heterocycles. The predicted molar refractivity (Wildman–Crippen MR) is 167 cm³/mol. The first-order valence-electron chi connectivity index (χ1n) is 15.6. The number of pyridine rings is 1. The Kier molecular flexibility index (Phi) is 11.1. The van der Waals surface area contributed by atoms with Gasteiger partial charge in [0.15, 0.2) is 11.6 Å². The van der Waals surface area contributed by atoms with Crippen LogP contribution in [0.1, 0.15) is 54.7 Å². The summed E-state index contributed by atoms with van der Waals surface area (Å²) in [5.74, 6) is -4.11. The van der Waals surface area contributed by atoms with Crippen molar-refractivity contribution in [3.63, 3.8) is 0 Å². The van der Waals surface area contributed by atoms with Gasteiger partial charge in [-0.1, -0.05) is 18.2 Å². The van der Waals surface area contributed by atoms with Gasteiger partial charge in [0.2, 0.25) is 11.8 Å². The summed E-state index contributed by atoms with van der Waals surface area (Å²) in [7, 11) is 2.59. The van der Waals surface area contributed by atoms with E-state index in [0.29, 0.717) is 35.9 Å². The van der Waals surface area contributed by atoms with Gasteiger partial charge in [-0.3, -0.25) is 4.79 Å². The van der Waals surface area contributed by atoms with E-state index in [-0.39, 0.29) is 17.3 Å². The standard InChI is InChI=1S/C34H40F3N5O4/c1-45-30-13-9-22(20-39-30)31(21-8-12-27(36)28(37)19-21)32(41-34(44)46-2)33(43)40-29-7-3-6-26(35)25(29)11-10-24-14-16-38-23-5-4-17-42(24)18-15-23/h3,6-9,12-13,19-20,23-24,31-32,38H,4-5,10-11,14-18H2,1-2H3,(H,40,43)(H,41,44)/t23?,24?,31-,32-/m0/s1. The zero-order valence-electron chi connectivity index (χ0n) is 26.0. The van der Waals surface area contributed by atoms with Crippen LogP contribution in [-0.4, -0.2) is 73.9 Å². The number of carbonyl (C=O) groups is 2. The van der Waals surface area contributed by atoms with Crippen LogP contribution in [0.15, 0.2) is 54.7 Å². The molecular formula is C34H40F3N5O4. The number of halogens is 3. The van der Waals surface area contributed by atoms with Crippen molar-refractivity contribution in [2.75, 3.05) is 39.2 Å². The minimum Gasteiger partial charge on any atom is -0.481 e. The molecule has 12 heteroatoms. The molecule has 46 heavy (non-hydrogen) atoms. The number of amides is 2. The summed E-state index contributed by atoms with van der Waals surface area (Å²) in [6.45, 7) is 2.91. The van der Waals surface area contributed by atoms with E-state index in [2.05, 4.69) is 25.8 Å². The first kappa shape index (κ1) is 33.2. The van der Waals surface area contributed by atoms with E-state index in [9.17, 15) is 18.4 Å². The monoisotopic (exact) mass is 639 g/mol. The lowest BCUT2D eigenvalue weighted by molar-refractivity contribution is -0.118. The van der Waals surface area contributed by atoms with Crippen LogP contribution in [0.3, 0.4) is 0 Å². The summed E-state index contributed by atoms with van der Waals surface area (Å²) in [5, 5.41) is 9.01. The summed E-state index contributed by atoms with van der Waals surface area (Å²) in [5.41, 5.74) is 1.21. The van der Waals surface area contributed by atoms with Crippen molar-refractivity contribution in [2.24, 2.45) is 0 Å². The van der Waals surface area contributed by atoms with Crippen molar-refractivity contribution in [1.29, 1.82) is 0 Å². The first-order chi connectivity index (χ1) is 22.3. The second-order valence-corrected chi connectivity index (χ2v) is 11.8. The van der Waals surface area contributed by atoms with Gasteiger partial charge in [0.25, 0.3) is 0 Å². The van der Waals surface area contributed by atoms with Crippen LogP contribution in [0.4, 0.5) is 23.7 Å². The topological polar surface area (TPSA) is 105 Å². The van der Waals surface area contributed by atoms with Crippen molar-refractivity contribution in [3.05, 3.63) is 88.9 Å². The normalized spacial score (nSPS) is 20.8. The van der Waals surface area contributed by atoms with E-state index in [0.717, 1.165) is 64.6 Å². The van der Waals surface area contributed by atoms with E-state index >= 15 is 4.39 Å². The van der Waals surface area contributed by atoms with Gasteiger partial charge in [-0.15, -0.1) is 0 Å². The number of nitrogens with one attached hydrogen (secondary N) is 3. The smallest absolute Gasteiger partial charge is 0.407 e. The Hall–Kier alpha value is -4.16. The van der Waals surface area contributed by atoms with Crippen LogP contribution < -0.4 is 20.7 Å². The molecule has 0 spiro atoms. The van der Waals surface area contributed by atoms with Crippen LogP contribution >= 0.6 is 0 Å². The maximum atomic E-state index is 15.4. The summed E-state index contributed by atoms with van der Waals surface area (Å²) in [6, 6.07) is 10.3. The van der Waals surface area contributed by atoms with Gasteiger partial charge in [-0.2, -0.15) is 0 Å². The van der Waals surface area contributed by atoms with Crippen molar-refractivity contribution in [1.82, 2.24) is 20.5 Å². The molecule has 3 heterocycles. The number of fused-ring (bicyclic) bond motifs is 3. The summed E-state index contributed by atoms with van der Waals surface area (Å²) < 4.78 is 53.8. The highest BCUT2D eigenvalue weighted by Crippen LogP contribution is 2.32. The molecule has 246 valence electrons.